The van der Waals surface area contributed by atoms with Gasteiger partial charge in [0, 0.05) is 38.5 Å². The highest BCUT2D eigenvalue weighted by molar-refractivity contribution is 5.55. The van der Waals surface area contributed by atoms with Gasteiger partial charge in [0.2, 0.25) is 11.8 Å². The summed E-state index contributed by atoms with van der Waals surface area (Å²) in [5.74, 6) is 1.74. The summed E-state index contributed by atoms with van der Waals surface area (Å²) in [5, 5.41) is 8.52. The molecular weight excluding hydrogens is 328 g/mol. The molecule has 2 aliphatic rings. The molecule has 2 fully saturated rings. The Morgan fingerprint density at radius 3 is 2.73 bits per heavy atom. The highest BCUT2D eigenvalue weighted by Crippen LogP contribution is 2.25. The number of piperazine rings is 1. The van der Waals surface area contributed by atoms with Crippen LogP contribution in [-0.4, -0.2) is 54.5 Å². The Kier molecular flexibility index (Phi) is 5.22. The van der Waals surface area contributed by atoms with Gasteiger partial charge in [-0.3, -0.25) is 4.90 Å². The number of aryl methyl sites for hydroxylation is 2. The number of rotatable bonds is 4. The number of aromatic nitrogens is 2. The second kappa shape index (κ2) is 7.76. The van der Waals surface area contributed by atoms with E-state index in [2.05, 4.69) is 52.0 Å². The molecule has 3 heterocycles. The zero-order chi connectivity index (χ0) is 17.9. The zero-order valence-corrected chi connectivity index (χ0v) is 15.8. The lowest BCUT2D eigenvalue weighted by atomic mass is 10.0. The molecule has 0 aliphatic carbocycles. The van der Waals surface area contributed by atoms with E-state index in [-0.39, 0.29) is 5.92 Å². The molecule has 6 heteroatoms. The third kappa shape index (κ3) is 3.91. The molecule has 1 unspecified atom stereocenters. The quantitative estimate of drug-likeness (QED) is 0.840. The minimum atomic E-state index is 0.270. The number of hydrogen-bond donors (Lipinski definition) is 0. The van der Waals surface area contributed by atoms with E-state index in [0.717, 1.165) is 64.0 Å². The van der Waals surface area contributed by atoms with Gasteiger partial charge in [0.15, 0.2) is 0 Å². The van der Waals surface area contributed by atoms with Gasteiger partial charge in [0.1, 0.15) is 0 Å². The Labute approximate surface area is 155 Å². The molecule has 140 valence electrons. The molecule has 1 atom stereocenters. The van der Waals surface area contributed by atoms with Crippen LogP contribution in [0.1, 0.15) is 41.7 Å². The standard InChI is InChI=1S/C20H28N4O2/c1-15-5-6-16(2)18(12-15)24-9-7-23(8-10-24)13-19-21-22-20(26-19)17-4-3-11-25-14-17/h5-6,12,17H,3-4,7-11,13-14H2,1-2H3. The molecule has 0 N–H and O–H groups in total. The summed E-state index contributed by atoms with van der Waals surface area (Å²) in [7, 11) is 0. The van der Waals surface area contributed by atoms with Crippen molar-refractivity contribution in [1.29, 1.82) is 0 Å². The fraction of sp³-hybridized carbons (Fsp3) is 0.600. The van der Waals surface area contributed by atoms with E-state index in [0.29, 0.717) is 6.61 Å². The van der Waals surface area contributed by atoms with Gasteiger partial charge < -0.3 is 14.1 Å². The second-order valence-electron chi connectivity index (χ2n) is 7.50. The first-order valence-electron chi connectivity index (χ1n) is 9.63. The Balaban J connectivity index is 1.32. The lowest BCUT2D eigenvalue weighted by Crippen LogP contribution is -2.46. The van der Waals surface area contributed by atoms with E-state index in [9.17, 15) is 0 Å². The summed E-state index contributed by atoms with van der Waals surface area (Å²) in [4.78, 5) is 4.88. The number of ether oxygens (including phenoxy) is 1. The molecule has 0 saturated carbocycles. The van der Waals surface area contributed by atoms with Crippen LogP contribution in [0.3, 0.4) is 0 Å². The van der Waals surface area contributed by atoms with Crippen LogP contribution in [0.5, 0.6) is 0 Å². The fourth-order valence-corrected chi connectivity index (χ4v) is 3.83. The van der Waals surface area contributed by atoms with Gasteiger partial charge >= 0.3 is 0 Å². The molecule has 26 heavy (non-hydrogen) atoms. The Morgan fingerprint density at radius 2 is 1.96 bits per heavy atom. The predicted molar refractivity (Wildman–Crippen MR) is 100 cm³/mol. The van der Waals surface area contributed by atoms with Crippen LogP contribution >= 0.6 is 0 Å². The molecule has 0 amide bonds. The molecule has 0 bridgehead atoms. The highest BCUT2D eigenvalue weighted by atomic mass is 16.5. The van der Waals surface area contributed by atoms with E-state index in [1.807, 2.05) is 0 Å². The normalized spacial score (nSPS) is 21.9. The lowest BCUT2D eigenvalue weighted by molar-refractivity contribution is 0.0717. The molecular formula is C20H28N4O2. The van der Waals surface area contributed by atoms with Gasteiger partial charge in [0.25, 0.3) is 0 Å². The molecule has 0 radical (unpaired) electrons. The Morgan fingerprint density at radius 1 is 1.12 bits per heavy atom. The SMILES string of the molecule is Cc1ccc(C)c(N2CCN(Cc3nnc(C4CCCOC4)o3)CC2)c1. The van der Waals surface area contributed by atoms with Crippen molar-refractivity contribution in [2.75, 3.05) is 44.3 Å². The number of benzene rings is 1. The van der Waals surface area contributed by atoms with Gasteiger partial charge in [-0.1, -0.05) is 12.1 Å². The summed E-state index contributed by atoms with van der Waals surface area (Å²) in [6.45, 7) is 10.7. The first-order valence-corrected chi connectivity index (χ1v) is 9.63. The van der Waals surface area contributed by atoms with Crippen LogP contribution in [0.15, 0.2) is 22.6 Å². The topological polar surface area (TPSA) is 54.6 Å². The fourth-order valence-electron chi connectivity index (χ4n) is 3.83. The number of hydrogen-bond acceptors (Lipinski definition) is 6. The number of anilines is 1. The predicted octanol–water partition coefficient (Wildman–Crippen LogP) is 2.90. The van der Waals surface area contributed by atoms with Gasteiger partial charge in [-0.05, 0) is 43.9 Å². The summed E-state index contributed by atoms with van der Waals surface area (Å²) in [6, 6.07) is 6.69. The molecule has 2 aromatic rings. The largest absolute Gasteiger partial charge is 0.423 e. The van der Waals surface area contributed by atoms with Gasteiger partial charge in [-0.2, -0.15) is 0 Å². The third-order valence-corrected chi connectivity index (χ3v) is 5.43. The van der Waals surface area contributed by atoms with Gasteiger partial charge in [-0.25, -0.2) is 0 Å². The van der Waals surface area contributed by atoms with Crippen LogP contribution in [0.25, 0.3) is 0 Å². The third-order valence-electron chi connectivity index (χ3n) is 5.43. The van der Waals surface area contributed by atoms with E-state index >= 15 is 0 Å². The summed E-state index contributed by atoms with van der Waals surface area (Å²) >= 11 is 0. The molecule has 1 aromatic heterocycles. The first-order chi connectivity index (χ1) is 12.7. The smallest absolute Gasteiger partial charge is 0.230 e. The van der Waals surface area contributed by atoms with Crippen LogP contribution in [0, 0.1) is 13.8 Å². The second-order valence-corrected chi connectivity index (χ2v) is 7.50. The van der Waals surface area contributed by atoms with Crippen molar-refractivity contribution in [3.05, 3.63) is 41.1 Å². The van der Waals surface area contributed by atoms with Crippen LogP contribution in [0.2, 0.25) is 0 Å². The maximum atomic E-state index is 5.91. The molecule has 6 nitrogen and oxygen atoms in total. The van der Waals surface area contributed by atoms with E-state index < -0.39 is 0 Å². The zero-order valence-electron chi connectivity index (χ0n) is 15.8. The lowest BCUT2D eigenvalue weighted by Gasteiger charge is -2.36. The van der Waals surface area contributed by atoms with Crippen LogP contribution in [-0.2, 0) is 11.3 Å². The van der Waals surface area contributed by atoms with Crippen LogP contribution < -0.4 is 4.90 Å². The Hall–Kier alpha value is -1.92. The van der Waals surface area contributed by atoms with Gasteiger partial charge in [0.05, 0.1) is 19.1 Å². The van der Waals surface area contributed by atoms with Crippen molar-refractivity contribution in [1.82, 2.24) is 15.1 Å². The summed E-state index contributed by atoms with van der Waals surface area (Å²) in [5.41, 5.74) is 4.03. The van der Waals surface area contributed by atoms with Crippen molar-refractivity contribution in [2.45, 2.75) is 39.2 Å². The van der Waals surface area contributed by atoms with Crippen molar-refractivity contribution in [3.63, 3.8) is 0 Å². The average Bonchev–Trinajstić information content (AvgIpc) is 3.14. The minimum absolute atomic E-state index is 0.270. The minimum Gasteiger partial charge on any atom is -0.423 e. The van der Waals surface area contributed by atoms with Crippen molar-refractivity contribution in [2.24, 2.45) is 0 Å². The molecule has 0 spiro atoms. The average molecular weight is 356 g/mol. The van der Waals surface area contributed by atoms with Crippen molar-refractivity contribution in [3.8, 4) is 0 Å². The Bertz CT molecular complexity index is 731. The summed E-state index contributed by atoms with van der Waals surface area (Å²) in [6.07, 6.45) is 2.15. The van der Waals surface area contributed by atoms with E-state index in [4.69, 9.17) is 9.15 Å². The maximum Gasteiger partial charge on any atom is 0.230 e. The summed E-state index contributed by atoms with van der Waals surface area (Å²) < 4.78 is 11.4. The monoisotopic (exact) mass is 356 g/mol. The maximum absolute atomic E-state index is 5.91. The molecule has 1 aromatic carbocycles. The molecule has 2 aliphatic heterocycles. The molecule has 4 rings (SSSR count). The van der Waals surface area contributed by atoms with E-state index in [1.165, 1.54) is 16.8 Å². The molecule has 2 saturated heterocycles. The number of nitrogens with zero attached hydrogens (tertiary/aromatic N) is 4. The van der Waals surface area contributed by atoms with Crippen molar-refractivity contribution >= 4 is 5.69 Å². The first kappa shape index (κ1) is 17.5. The highest BCUT2D eigenvalue weighted by Gasteiger charge is 2.24. The van der Waals surface area contributed by atoms with Crippen LogP contribution in [0.4, 0.5) is 5.69 Å². The van der Waals surface area contributed by atoms with Gasteiger partial charge in [-0.15, -0.1) is 10.2 Å². The van der Waals surface area contributed by atoms with Crippen molar-refractivity contribution < 1.29 is 9.15 Å². The van der Waals surface area contributed by atoms with E-state index in [1.54, 1.807) is 0 Å².